The van der Waals surface area contributed by atoms with Gasteiger partial charge in [0.25, 0.3) is 0 Å². The lowest BCUT2D eigenvalue weighted by atomic mass is 9.74. The highest BCUT2D eigenvalue weighted by atomic mass is 16.3. The van der Waals surface area contributed by atoms with E-state index in [-0.39, 0.29) is 12.0 Å². The van der Waals surface area contributed by atoms with E-state index in [9.17, 15) is 9.90 Å². The molecule has 0 bridgehead atoms. The Bertz CT molecular complexity index is 295. The van der Waals surface area contributed by atoms with E-state index in [2.05, 4.69) is 5.32 Å². The van der Waals surface area contributed by atoms with E-state index in [0.29, 0.717) is 12.3 Å². The van der Waals surface area contributed by atoms with Crippen LogP contribution in [-0.2, 0) is 4.79 Å². The van der Waals surface area contributed by atoms with Gasteiger partial charge < -0.3 is 15.3 Å². The van der Waals surface area contributed by atoms with Crippen LogP contribution in [0.25, 0.3) is 0 Å². The maximum Gasteiger partial charge on any atom is 0.223 e. The number of hydrogen-bond donors (Lipinski definition) is 2. The second-order valence-corrected chi connectivity index (χ2v) is 6.59. The molecule has 0 aromatic carbocycles. The summed E-state index contributed by atoms with van der Waals surface area (Å²) in [6, 6.07) is 0. The Morgan fingerprint density at radius 3 is 2.35 bits per heavy atom. The van der Waals surface area contributed by atoms with E-state index in [0.717, 1.165) is 51.9 Å². The Kier molecular flexibility index (Phi) is 6.30. The lowest BCUT2D eigenvalue weighted by molar-refractivity contribution is -0.132. The third-order valence-corrected chi connectivity index (χ3v) is 4.97. The molecule has 2 fully saturated rings. The van der Waals surface area contributed by atoms with Gasteiger partial charge in [0.05, 0.1) is 0 Å². The third kappa shape index (κ3) is 4.45. The minimum Gasteiger partial charge on any atom is -0.396 e. The highest BCUT2D eigenvalue weighted by Gasteiger charge is 2.30. The Hall–Kier alpha value is -0.610. The number of nitrogens with one attached hydrogen (secondary N) is 1. The largest absolute Gasteiger partial charge is 0.396 e. The fourth-order valence-electron chi connectivity index (χ4n) is 3.54. The maximum absolute atomic E-state index is 12.0. The Morgan fingerprint density at radius 2 is 1.70 bits per heavy atom. The molecule has 2 N–H and O–H groups in total. The minimum absolute atomic E-state index is 0.0758. The zero-order valence-corrected chi connectivity index (χ0v) is 12.7. The van der Waals surface area contributed by atoms with Gasteiger partial charge in [-0.3, -0.25) is 4.79 Å². The van der Waals surface area contributed by atoms with Gasteiger partial charge in [-0.2, -0.15) is 0 Å². The lowest BCUT2D eigenvalue weighted by Crippen LogP contribution is -2.41. The summed E-state index contributed by atoms with van der Waals surface area (Å²) in [5, 5.41) is 13.0. The molecule has 4 nitrogen and oxygen atoms in total. The zero-order valence-electron chi connectivity index (χ0n) is 12.7. The highest BCUT2D eigenvalue weighted by Crippen LogP contribution is 2.35. The first-order chi connectivity index (χ1) is 9.76. The maximum atomic E-state index is 12.0. The van der Waals surface area contributed by atoms with E-state index in [1.807, 2.05) is 4.90 Å². The van der Waals surface area contributed by atoms with Crippen LogP contribution in [0.4, 0.5) is 0 Å². The van der Waals surface area contributed by atoms with E-state index in [4.69, 9.17) is 0 Å². The molecule has 1 saturated carbocycles. The van der Waals surface area contributed by atoms with Crippen molar-refractivity contribution in [3.63, 3.8) is 0 Å². The monoisotopic (exact) mass is 282 g/mol. The normalized spacial score (nSPS) is 22.8. The molecule has 1 aliphatic carbocycles. The molecule has 1 heterocycles. The van der Waals surface area contributed by atoms with Gasteiger partial charge >= 0.3 is 0 Å². The lowest BCUT2D eigenvalue weighted by Gasteiger charge is -2.36. The van der Waals surface area contributed by atoms with Crippen molar-refractivity contribution in [1.29, 1.82) is 0 Å². The number of nitrogens with zero attached hydrogens (tertiary/aromatic N) is 1. The Morgan fingerprint density at radius 1 is 1.05 bits per heavy atom. The van der Waals surface area contributed by atoms with Gasteiger partial charge in [0.15, 0.2) is 0 Å². The van der Waals surface area contributed by atoms with Crippen LogP contribution in [-0.4, -0.2) is 48.7 Å². The topological polar surface area (TPSA) is 52.6 Å². The summed E-state index contributed by atoms with van der Waals surface area (Å²) in [5.41, 5.74) is 0.0758. The fourth-order valence-corrected chi connectivity index (χ4v) is 3.54. The first kappa shape index (κ1) is 15.8. The fraction of sp³-hybridized carbons (Fsp3) is 0.938. The number of hydrogen-bond acceptors (Lipinski definition) is 3. The molecule has 1 saturated heterocycles. The van der Waals surface area contributed by atoms with Crippen molar-refractivity contribution in [2.75, 3.05) is 32.8 Å². The van der Waals surface area contributed by atoms with E-state index >= 15 is 0 Å². The van der Waals surface area contributed by atoms with Crippen molar-refractivity contribution < 1.29 is 9.90 Å². The number of likely N-dealkylation sites (tertiary alicyclic amines) is 1. The third-order valence-electron chi connectivity index (χ3n) is 4.97. The van der Waals surface area contributed by atoms with E-state index in [1.165, 1.54) is 25.7 Å². The van der Waals surface area contributed by atoms with Gasteiger partial charge in [0.1, 0.15) is 0 Å². The number of carbonyl (C=O) groups is 1. The molecule has 0 radical (unpaired) electrons. The summed E-state index contributed by atoms with van der Waals surface area (Å²) < 4.78 is 0. The molecule has 2 aliphatic rings. The number of rotatable bonds is 6. The predicted octanol–water partition coefficient (Wildman–Crippen LogP) is 1.92. The molecule has 0 unspecified atom stereocenters. The van der Waals surface area contributed by atoms with Crippen LogP contribution in [0, 0.1) is 5.41 Å². The summed E-state index contributed by atoms with van der Waals surface area (Å²) in [7, 11) is 0. The van der Waals surface area contributed by atoms with Gasteiger partial charge in [-0.15, -0.1) is 0 Å². The summed E-state index contributed by atoms with van der Waals surface area (Å²) >= 11 is 0. The SMILES string of the molecule is O=C(CCNCC1(CO)CCCCC1)N1CCCCC1. The van der Waals surface area contributed by atoms with Gasteiger partial charge in [-0.1, -0.05) is 19.3 Å². The van der Waals surface area contributed by atoms with Crippen LogP contribution in [0.15, 0.2) is 0 Å². The van der Waals surface area contributed by atoms with Crippen LogP contribution < -0.4 is 5.32 Å². The molecule has 1 amide bonds. The van der Waals surface area contributed by atoms with Crippen molar-refractivity contribution >= 4 is 5.91 Å². The molecule has 4 heteroatoms. The number of carbonyl (C=O) groups excluding carboxylic acids is 1. The number of aliphatic hydroxyl groups is 1. The Labute approximate surface area is 122 Å². The van der Waals surface area contributed by atoms with Gasteiger partial charge in [-0.25, -0.2) is 0 Å². The van der Waals surface area contributed by atoms with Crippen molar-refractivity contribution in [3.8, 4) is 0 Å². The predicted molar refractivity (Wildman–Crippen MR) is 80.5 cm³/mol. The van der Waals surface area contributed by atoms with Crippen LogP contribution in [0.5, 0.6) is 0 Å². The smallest absolute Gasteiger partial charge is 0.223 e. The molecule has 0 spiro atoms. The molecule has 20 heavy (non-hydrogen) atoms. The first-order valence-corrected chi connectivity index (χ1v) is 8.35. The van der Waals surface area contributed by atoms with Gasteiger partial charge in [-0.05, 0) is 32.1 Å². The summed E-state index contributed by atoms with van der Waals surface area (Å²) in [6.45, 7) is 3.77. The molecular formula is C16H30N2O2. The average molecular weight is 282 g/mol. The van der Waals surface area contributed by atoms with E-state index < -0.39 is 0 Å². The summed E-state index contributed by atoms with van der Waals surface area (Å²) in [6.07, 6.45) is 10.2. The second-order valence-electron chi connectivity index (χ2n) is 6.59. The van der Waals surface area contributed by atoms with Crippen molar-refractivity contribution in [3.05, 3.63) is 0 Å². The minimum atomic E-state index is 0.0758. The highest BCUT2D eigenvalue weighted by molar-refractivity contribution is 5.76. The number of piperidine rings is 1. The molecule has 0 aromatic heterocycles. The number of aliphatic hydroxyl groups excluding tert-OH is 1. The summed E-state index contributed by atoms with van der Waals surface area (Å²) in [4.78, 5) is 14.0. The first-order valence-electron chi connectivity index (χ1n) is 8.35. The van der Waals surface area contributed by atoms with E-state index in [1.54, 1.807) is 0 Å². The number of amides is 1. The molecular weight excluding hydrogens is 252 g/mol. The van der Waals surface area contributed by atoms with Gasteiger partial charge in [0, 0.05) is 44.6 Å². The molecule has 2 rings (SSSR count). The van der Waals surface area contributed by atoms with Crippen LogP contribution in [0.2, 0.25) is 0 Å². The molecule has 116 valence electrons. The quantitative estimate of drug-likeness (QED) is 0.732. The molecule has 1 aliphatic heterocycles. The van der Waals surface area contributed by atoms with Gasteiger partial charge in [0.2, 0.25) is 5.91 Å². The summed E-state index contributed by atoms with van der Waals surface area (Å²) in [5.74, 6) is 0.291. The Balaban J connectivity index is 1.63. The molecule has 0 atom stereocenters. The van der Waals surface area contributed by atoms with Crippen LogP contribution in [0.3, 0.4) is 0 Å². The van der Waals surface area contributed by atoms with Crippen molar-refractivity contribution in [2.45, 2.75) is 57.8 Å². The standard InChI is InChI=1S/C16H30N2O2/c19-14-16(8-3-1-4-9-16)13-17-10-7-15(20)18-11-5-2-6-12-18/h17,19H,1-14H2. The second kappa shape index (κ2) is 7.99. The van der Waals surface area contributed by atoms with Crippen LogP contribution >= 0.6 is 0 Å². The average Bonchev–Trinajstić information content (AvgIpc) is 2.53. The molecule has 0 aromatic rings. The van der Waals surface area contributed by atoms with Crippen molar-refractivity contribution in [1.82, 2.24) is 10.2 Å². The van der Waals surface area contributed by atoms with Crippen molar-refractivity contribution in [2.24, 2.45) is 5.41 Å². The van der Waals surface area contributed by atoms with Crippen LogP contribution in [0.1, 0.15) is 57.8 Å². The zero-order chi connectivity index (χ0) is 14.3.